The van der Waals surface area contributed by atoms with Gasteiger partial charge in [-0.25, -0.2) is 0 Å². The lowest BCUT2D eigenvalue weighted by Crippen LogP contribution is -2.59. The zero-order chi connectivity index (χ0) is 34.8. The van der Waals surface area contributed by atoms with Crippen molar-refractivity contribution in [3.8, 4) is 0 Å². The van der Waals surface area contributed by atoms with Crippen LogP contribution in [-0.4, -0.2) is 86.8 Å². The van der Waals surface area contributed by atoms with E-state index in [2.05, 4.69) is 21.3 Å². The molecule has 1 aromatic carbocycles. The maximum Gasteiger partial charge on any atom is 0.305 e. The minimum Gasteiger partial charge on any atom is -0.481 e. The first-order chi connectivity index (χ1) is 21.6. The number of hydrogen-bond donors (Lipinski definition) is 7. The second kappa shape index (κ2) is 20.3. The molecule has 0 heterocycles. The van der Waals surface area contributed by atoms with Crippen LogP contribution in [0, 0.1) is 5.92 Å². The minimum atomic E-state index is -1.57. The van der Waals surface area contributed by atoms with Crippen LogP contribution in [0.2, 0.25) is 0 Å². The highest BCUT2D eigenvalue weighted by Gasteiger charge is 2.33. The molecule has 0 spiro atoms. The summed E-state index contributed by atoms with van der Waals surface area (Å²) >= 11 is 0. The Morgan fingerprint density at radius 1 is 0.630 bits per heavy atom. The Morgan fingerprint density at radius 2 is 1.20 bits per heavy atom. The molecular formula is C31H44N4O11. The van der Waals surface area contributed by atoms with Crippen LogP contribution < -0.4 is 21.3 Å². The molecule has 0 aromatic heterocycles. The molecule has 4 atom stereocenters. The molecule has 254 valence electrons. The Kier molecular flexibility index (Phi) is 17.3. The molecule has 0 aliphatic carbocycles. The summed E-state index contributed by atoms with van der Waals surface area (Å²) in [6, 6.07) is 3.98. The molecule has 0 bridgehead atoms. The average molecular weight is 649 g/mol. The summed E-state index contributed by atoms with van der Waals surface area (Å²) in [5, 5.41) is 36.8. The van der Waals surface area contributed by atoms with Crippen LogP contribution in [0.5, 0.6) is 0 Å². The molecule has 7 N–H and O–H groups in total. The van der Waals surface area contributed by atoms with Gasteiger partial charge < -0.3 is 36.6 Å². The van der Waals surface area contributed by atoms with Crippen molar-refractivity contribution in [3.05, 3.63) is 35.9 Å². The Balaban J connectivity index is 2.96. The van der Waals surface area contributed by atoms with Crippen molar-refractivity contribution in [3.63, 3.8) is 0 Å². The van der Waals surface area contributed by atoms with Gasteiger partial charge in [-0.3, -0.25) is 38.4 Å². The highest BCUT2D eigenvalue weighted by atomic mass is 16.4. The fourth-order valence-corrected chi connectivity index (χ4v) is 4.53. The number of ketones is 1. The number of carboxylic acids is 3. The van der Waals surface area contributed by atoms with Crippen molar-refractivity contribution < 1.29 is 53.7 Å². The molecule has 4 amide bonds. The summed E-state index contributed by atoms with van der Waals surface area (Å²) in [6.07, 6.45) is 0.329. The number of aliphatic carboxylic acids is 3. The third kappa shape index (κ3) is 15.8. The van der Waals surface area contributed by atoms with E-state index in [9.17, 15) is 43.5 Å². The van der Waals surface area contributed by atoms with Gasteiger partial charge >= 0.3 is 17.9 Å². The fourth-order valence-electron chi connectivity index (χ4n) is 4.53. The molecule has 1 rings (SSSR count). The molecule has 0 saturated carbocycles. The highest BCUT2D eigenvalue weighted by Crippen LogP contribution is 2.11. The van der Waals surface area contributed by atoms with Crippen molar-refractivity contribution in [2.24, 2.45) is 5.92 Å². The van der Waals surface area contributed by atoms with Crippen LogP contribution in [-0.2, 0) is 44.8 Å². The lowest BCUT2D eigenvalue weighted by molar-refractivity contribution is -0.142. The number of hydrogen-bond acceptors (Lipinski definition) is 8. The number of carboxylic acid groups (broad SMARTS) is 3. The van der Waals surface area contributed by atoms with E-state index in [-0.39, 0.29) is 6.42 Å². The molecule has 0 fully saturated rings. The fraction of sp³-hybridized carbons (Fsp3) is 0.548. The predicted octanol–water partition coefficient (Wildman–Crippen LogP) is 0.788. The van der Waals surface area contributed by atoms with Gasteiger partial charge in [0, 0.05) is 19.8 Å². The normalized spacial score (nSPS) is 13.4. The van der Waals surface area contributed by atoms with Crippen molar-refractivity contribution in [2.75, 3.05) is 0 Å². The summed E-state index contributed by atoms with van der Waals surface area (Å²) in [6.45, 7) is 4.18. The van der Waals surface area contributed by atoms with E-state index in [1.807, 2.05) is 30.3 Å². The van der Waals surface area contributed by atoms with Gasteiger partial charge in [-0.1, -0.05) is 50.6 Å². The standard InChI is InChI=1S/C31H44N4O11/c1-18(2)28(35-29(44)21(14-15-25(38)39)33-30(45)23(17-27(42)43)32-19(3)36)31(46)34-22(16-26(40)41)24(37)13-9-5-8-12-20-10-6-4-7-11-20/h4,6-7,10-11,18,21-23,28H,5,8-9,12-17H2,1-3H3,(H,32,36)(H,33,45)(H,34,46)(H,35,44)(H,38,39)(H,40,41)(H,42,43)/t21-,22-,23-,28-/m0/s1. The lowest BCUT2D eigenvalue weighted by Gasteiger charge is -2.27. The number of nitrogens with one attached hydrogen (secondary N) is 4. The number of unbranched alkanes of at least 4 members (excludes halogenated alkanes) is 2. The number of benzene rings is 1. The number of aryl methyl sites for hydroxylation is 1. The maximum absolute atomic E-state index is 13.2. The van der Waals surface area contributed by atoms with Crippen LogP contribution in [0.1, 0.15) is 77.7 Å². The SMILES string of the molecule is CC(=O)N[C@@H](CC(=O)O)C(=O)N[C@@H](CCC(=O)O)C(=O)N[C@H](C(=O)N[C@@H](CC(=O)O)C(=O)CCCCCc1ccccc1)C(C)C. The molecule has 0 radical (unpaired) electrons. The average Bonchev–Trinajstić information content (AvgIpc) is 2.96. The van der Waals surface area contributed by atoms with E-state index < -0.39 is 103 Å². The van der Waals surface area contributed by atoms with Gasteiger partial charge in [0.15, 0.2) is 5.78 Å². The van der Waals surface area contributed by atoms with E-state index in [0.717, 1.165) is 25.3 Å². The third-order valence-corrected chi connectivity index (χ3v) is 6.91. The van der Waals surface area contributed by atoms with Crippen molar-refractivity contribution >= 4 is 47.3 Å². The number of carbonyl (C=O) groups excluding carboxylic acids is 5. The Labute approximate surface area is 266 Å². The lowest BCUT2D eigenvalue weighted by atomic mass is 9.98. The first-order valence-corrected chi connectivity index (χ1v) is 15.0. The molecular weight excluding hydrogens is 604 g/mol. The number of carbonyl (C=O) groups is 8. The summed E-state index contributed by atoms with van der Waals surface area (Å²) in [5.41, 5.74) is 1.16. The first kappa shape index (κ1) is 39.2. The van der Waals surface area contributed by atoms with Gasteiger partial charge in [-0.15, -0.1) is 0 Å². The van der Waals surface area contributed by atoms with E-state index in [1.54, 1.807) is 13.8 Å². The van der Waals surface area contributed by atoms with E-state index >= 15 is 0 Å². The smallest absolute Gasteiger partial charge is 0.305 e. The maximum atomic E-state index is 13.2. The topological polar surface area (TPSA) is 245 Å². The quantitative estimate of drug-likeness (QED) is 0.0866. The van der Waals surface area contributed by atoms with Gasteiger partial charge in [0.05, 0.1) is 18.9 Å². The van der Waals surface area contributed by atoms with Crippen LogP contribution in [0.25, 0.3) is 0 Å². The van der Waals surface area contributed by atoms with E-state index in [1.165, 1.54) is 0 Å². The molecule has 1 aromatic rings. The zero-order valence-corrected chi connectivity index (χ0v) is 26.2. The Bertz CT molecular complexity index is 1220. The molecule has 46 heavy (non-hydrogen) atoms. The monoisotopic (exact) mass is 648 g/mol. The van der Waals surface area contributed by atoms with Crippen molar-refractivity contribution in [2.45, 2.75) is 103 Å². The minimum absolute atomic E-state index is 0.0286. The summed E-state index contributed by atoms with van der Waals surface area (Å²) < 4.78 is 0. The first-order valence-electron chi connectivity index (χ1n) is 15.0. The summed E-state index contributed by atoms with van der Waals surface area (Å²) in [7, 11) is 0. The van der Waals surface area contributed by atoms with Crippen LogP contribution in [0.15, 0.2) is 30.3 Å². The van der Waals surface area contributed by atoms with Crippen molar-refractivity contribution in [1.82, 2.24) is 21.3 Å². The zero-order valence-electron chi connectivity index (χ0n) is 26.2. The van der Waals surface area contributed by atoms with Gasteiger partial charge in [-0.2, -0.15) is 0 Å². The van der Waals surface area contributed by atoms with Crippen LogP contribution in [0.3, 0.4) is 0 Å². The third-order valence-electron chi connectivity index (χ3n) is 6.91. The number of amides is 4. The summed E-state index contributed by atoms with van der Waals surface area (Å²) in [5.74, 6) is -8.77. The molecule has 15 heteroatoms. The molecule has 0 aliphatic heterocycles. The highest BCUT2D eigenvalue weighted by molar-refractivity contribution is 5.97. The number of Topliss-reactive ketones (excluding diaryl/α,β-unsaturated/α-hetero) is 1. The van der Waals surface area contributed by atoms with E-state index in [0.29, 0.717) is 12.8 Å². The van der Waals surface area contributed by atoms with Crippen molar-refractivity contribution in [1.29, 1.82) is 0 Å². The Hall–Kier alpha value is -4.82. The Morgan fingerprint density at radius 3 is 1.74 bits per heavy atom. The number of rotatable bonds is 22. The second-order valence-corrected chi connectivity index (χ2v) is 11.2. The predicted molar refractivity (Wildman–Crippen MR) is 163 cm³/mol. The second-order valence-electron chi connectivity index (χ2n) is 11.2. The van der Waals surface area contributed by atoms with Crippen LogP contribution in [0.4, 0.5) is 0 Å². The molecule has 0 saturated heterocycles. The van der Waals surface area contributed by atoms with Gasteiger partial charge in [0.25, 0.3) is 0 Å². The summed E-state index contributed by atoms with van der Waals surface area (Å²) in [4.78, 5) is 97.5. The van der Waals surface area contributed by atoms with Crippen LogP contribution >= 0.6 is 0 Å². The van der Waals surface area contributed by atoms with Gasteiger partial charge in [0.2, 0.25) is 23.6 Å². The van der Waals surface area contributed by atoms with Gasteiger partial charge in [-0.05, 0) is 37.2 Å². The largest absolute Gasteiger partial charge is 0.481 e. The van der Waals surface area contributed by atoms with E-state index in [4.69, 9.17) is 10.2 Å². The molecule has 0 aliphatic rings. The molecule has 15 nitrogen and oxygen atoms in total. The van der Waals surface area contributed by atoms with Gasteiger partial charge in [0.1, 0.15) is 18.1 Å². The molecule has 0 unspecified atom stereocenters.